The fraction of sp³-hybridized carbons (Fsp3) is 0.500. The third-order valence-corrected chi connectivity index (χ3v) is 3.44. The van der Waals surface area contributed by atoms with Crippen LogP contribution in [0, 0.1) is 0 Å². The molecule has 106 valence electrons. The van der Waals surface area contributed by atoms with Crippen molar-refractivity contribution in [3.8, 4) is 5.75 Å². The van der Waals surface area contributed by atoms with Gasteiger partial charge in [0, 0.05) is 28.1 Å². The average Bonchev–Trinajstić information content (AvgIpc) is 2.27. The Labute approximate surface area is 121 Å². The Hall–Kier alpha value is -1.07. The Morgan fingerprint density at radius 2 is 2.00 bits per heavy atom. The Morgan fingerprint density at radius 3 is 2.47 bits per heavy atom. The summed E-state index contributed by atoms with van der Waals surface area (Å²) in [5.74, 6) is -0.727. The smallest absolute Gasteiger partial charge is 0.303 e. The van der Waals surface area contributed by atoms with Crippen LogP contribution in [0.2, 0.25) is 0 Å². The highest BCUT2D eigenvalue weighted by atomic mass is 79.9. The fourth-order valence-electron chi connectivity index (χ4n) is 1.91. The Morgan fingerprint density at radius 1 is 1.42 bits per heavy atom. The first-order valence-corrected chi connectivity index (χ1v) is 6.92. The summed E-state index contributed by atoms with van der Waals surface area (Å²) in [6.07, 6.45) is 0.279. The molecule has 1 aromatic carbocycles. The second kappa shape index (κ2) is 5.92. The molecule has 0 aliphatic rings. The number of carboxylic acids is 1. The van der Waals surface area contributed by atoms with Crippen LogP contribution >= 0.6 is 15.9 Å². The zero-order chi connectivity index (χ0) is 14.8. The van der Waals surface area contributed by atoms with E-state index in [1.54, 1.807) is 6.07 Å². The van der Waals surface area contributed by atoms with Crippen molar-refractivity contribution >= 4 is 21.9 Å². The van der Waals surface area contributed by atoms with Crippen molar-refractivity contribution in [2.75, 3.05) is 0 Å². The number of carboxylic acid groups (broad SMARTS) is 1. The molecule has 1 aromatic rings. The van der Waals surface area contributed by atoms with Gasteiger partial charge in [-0.2, -0.15) is 0 Å². The molecule has 0 fully saturated rings. The zero-order valence-electron chi connectivity index (χ0n) is 11.4. The van der Waals surface area contributed by atoms with Crippen molar-refractivity contribution in [3.05, 3.63) is 27.7 Å². The topological polar surface area (TPSA) is 83.6 Å². The van der Waals surface area contributed by atoms with Crippen LogP contribution in [0.25, 0.3) is 0 Å². The number of phenolic OH excluding ortho intramolecular Hbond substituents is 1. The fourth-order valence-corrected chi connectivity index (χ4v) is 2.38. The summed E-state index contributed by atoms with van der Waals surface area (Å²) >= 11 is 3.40. The Kier molecular flexibility index (Phi) is 4.98. The van der Waals surface area contributed by atoms with Gasteiger partial charge in [-0.3, -0.25) is 4.79 Å². The molecule has 0 saturated heterocycles. The van der Waals surface area contributed by atoms with Crippen molar-refractivity contribution < 1.29 is 15.0 Å². The maximum absolute atomic E-state index is 10.6. The molecule has 1 rings (SSSR count). The van der Waals surface area contributed by atoms with Gasteiger partial charge in [0.1, 0.15) is 5.75 Å². The number of aliphatic carboxylic acids is 1. The third-order valence-electron chi connectivity index (χ3n) is 2.98. The number of carbonyl (C=O) groups is 1. The molecule has 4 nitrogen and oxygen atoms in total. The number of nitrogens with two attached hydrogens (primary N) is 1. The van der Waals surface area contributed by atoms with Crippen LogP contribution in [-0.4, -0.2) is 16.2 Å². The zero-order valence-corrected chi connectivity index (χ0v) is 13.0. The van der Waals surface area contributed by atoms with E-state index in [-0.39, 0.29) is 17.6 Å². The molecule has 0 aliphatic heterocycles. The van der Waals surface area contributed by atoms with Crippen molar-refractivity contribution in [3.63, 3.8) is 0 Å². The van der Waals surface area contributed by atoms with Gasteiger partial charge in [0.15, 0.2) is 0 Å². The first-order chi connectivity index (χ1) is 8.62. The number of phenols is 1. The van der Waals surface area contributed by atoms with Crippen LogP contribution in [0.5, 0.6) is 5.75 Å². The van der Waals surface area contributed by atoms with E-state index in [0.717, 1.165) is 10.0 Å². The molecule has 0 heterocycles. The summed E-state index contributed by atoms with van der Waals surface area (Å²) < 4.78 is 0.830. The normalized spacial score (nSPS) is 13.3. The van der Waals surface area contributed by atoms with Gasteiger partial charge in [0.2, 0.25) is 0 Å². The van der Waals surface area contributed by atoms with E-state index in [9.17, 15) is 9.90 Å². The van der Waals surface area contributed by atoms with Gasteiger partial charge in [-0.1, -0.05) is 36.7 Å². The largest absolute Gasteiger partial charge is 0.507 e. The van der Waals surface area contributed by atoms with E-state index in [4.69, 9.17) is 10.8 Å². The lowest BCUT2D eigenvalue weighted by molar-refractivity contribution is -0.137. The van der Waals surface area contributed by atoms with E-state index >= 15 is 0 Å². The van der Waals surface area contributed by atoms with Crippen molar-refractivity contribution in [2.24, 2.45) is 5.73 Å². The molecule has 0 aromatic heterocycles. The highest BCUT2D eigenvalue weighted by Crippen LogP contribution is 2.38. The molecule has 5 heteroatoms. The maximum atomic E-state index is 10.6. The summed E-state index contributed by atoms with van der Waals surface area (Å²) in [5, 5.41) is 19.0. The minimum Gasteiger partial charge on any atom is -0.507 e. The average molecular weight is 330 g/mol. The minimum absolute atomic E-state index is 0.0159. The van der Waals surface area contributed by atoms with Crippen LogP contribution in [0.1, 0.15) is 50.8 Å². The van der Waals surface area contributed by atoms with Crippen LogP contribution in [-0.2, 0) is 10.2 Å². The second-order valence-corrected chi connectivity index (χ2v) is 6.60. The molecule has 0 bridgehead atoms. The van der Waals surface area contributed by atoms with Crippen molar-refractivity contribution in [2.45, 2.75) is 45.1 Å². The molecule has 1 unspecified atom stereocenters. The number of benzene rings is 1. The van der Waals surface area contributed by atoms with E-state index in [1.165, 1.54) is 0 Å². The summed E-state index contributed by atoms with van der Waals surface area (Å²) in [7, 11) is 0. The lowest BCUT2D eigenvalue weighted by atomic mass is 9.84. The summed E-state index contributed by atoms with van der Waals surface area (Å²) in [6, 6.07) is 3.12. The lowest BCUT2D eigenvalue weighted by Gasteiger charge is -2.24. The molecule has 19 heavy (non-hydrogen) atoms. The summed E-state index contributed by atoms with van der Waals surface area (Å²) in [6.45, 7) is 6.00. The van der Waals surface area contributed by atoms with Gasteiger partial charge in [-0.25, -0.2) is 0 Å². The first-order valence-electron chi connectivity index (χ1n) is 6.13. The van der Waals surface area contributed by atoms with Crippen LogP contribution in [0.4, 0.5) is 0 Å². The van der Waals surface area contributed by atoms with Gasteiger partial charge in [-0.05, 0) is 24.0 Å². The SMILES string of the molecule is CC(C)(C)c1cc(Br)cc(C(N)CCC(=O)O)c1O. The summed E-state index contributed by atoms with van der Waals surface area (Å²) in [4.78, 5) is 10.6. The minimum atomic E-state index is -0.888. The number of halogens is 1. The lowest BCUT2D eigenvalue weighted by Crippen LogP contribution is -2.16. The molecule has 0 amide bonds. The van der Waals surface area contributed by atoms with E-state index in [1.807, 2.05) is 26.8 Å². The molecule has 0 radical (unpaired) electrons. The monoisotopic (exact) mass is 329 g/mol. The standard InChI is InChI=1S/C14H20BrNO3/c1-14(2,3)10-7-8(15)6-9(13(10)19)11(16)4-5-12(17)18/h6-7,11,19H,4-5,16H2,1-3H3,(H,17,18). The number of aromatic hydroxyl groups is 1. The first kappa shape index (κ1) is 16.0. The van der Waals surface area contributed by atoms with Gasteiger partial charge >= 0.3 is 5.97 Å². The number of hydrogen-bond donors (Lipinski definition) is 3. The van der Waals surface area contributed by atoms with Gasteiger partial charge < -0.3 is 15.9 Å². The van der Waals surface area contributed by atoms with E-state index in [0.29, 0.717) is 12.0 Å². The van der Waals surface area contributed by atoms with Crippen molar-refractivity contribution in [1.29, 1.82) is 0 Å². The Bertz CT molecular complexity index is 480. The molecule has 0 aliphatic carbocycles. The predicted octanol–water partition coefficient (Wildman–Crippen LogP) is 3.32. The molecule has 0 saturated carbocycles. The van der Waals surface area contributed by atoms with Crippen LogP contribution < -0.4 is 5.73 Å². The summed E-state index contributed by atoms with van der Waals surface area (Å²) in [5.41, 5.74) is 7.15. The van der Waals surface area contributed by atoms with Gasteiger partial charge in [0.05, 0.1) is 0 Å². The van der Waals surface area contributed by atoms with Crippen molar-refractivity contribution in [1.82, 2.24) is 0 Å². The molecule has 4 N–H and O–H groups in total. The third kappa shape index (κ3) is 4.21. The van der Waals surface area contributed by atoms with Crippen LogP contribution in [0.3, 0.4) is 0 Å². The Balaban J connectivity index is 3.14. The second-order valence-electron chi connectivity index (χ2n) is 5.68. The maximum Gasteiger partial charge on any atom is 0.303 e. The molecular weight excluding hydrogens is 310 g/mol. The van der Waals surface area contributed by atoms with Gasteiger partial charge in [0.25, 0.3) is 0 Å². The van der Waals surface area contributed by atoms with Gasteiger partial charge in [-0.15, -0.1) is 0 Å². The van der Waals surface area contributed by atoms with E-state index < -0.39 is 12.0 Å². The molecular formula is C14H20BrNO3. The van der Waals surface area contributed by atoms with E-state index in [2.05, 4.69) is 15.9 Å². The number of rotatable bonds is 4. The predicted molar refractivity (Wildman–Crippen MR) is 78.3 cm³/mol. The van der Waals surface area contributed by atoms with Crippen LogP contribution in [0.15, 0.2) is 16.6 Å². The molecule has 1 atom stereocenters. The highest BCUT2D eigenvalue weighted by Gasteiger charge is 2.23. The molecule has 0 spiro atoms. The number of hydrogen-bond acceptors (Lipinski definition) is 3. The quantitative estimate of drug-likeness (QED) is 0.791. The highest BCUT2D eigenvalue weighted by molar-refractivity contribution is 9.10.